The molecule has 0 atom stereocenters. The second-order valence-corrected chi connectivity index (χ2v) is 6.71. The summed E-state index contributed by atoms with van der Waals surface area (Å²) in [7, 11) is 0. The van der Waals surface area contributed by atoms with E-state index in [4.69, 9.17) is 0 Å². The molecule has 3 aromatic carbocycles. The van der Waals surface area contributed by atoms with Gasteiger partial charge in [-0.15, -0.1) is 0 Å². The van der Waals surface area contributed by atoms with Crippen molar-refractivity contribution in [2.24, 2.45) is 0 Å². The maximum atomic E-state index is 12.8. The summed E-state index contributed by atoms with van der Waals surface area (Å²) in [5.74, 6) is -0.0145. The topological polar surface area (TPSA) is 72.2 Å². The molecule has 0 saturated heterocycles. The number of rotatable bonds is 5. The van der Waals surface area contributed by atoms with Crippen molar-refractivity contribution in [1.82, 2.24) is 5.32 Å². The van der Waals surface area contributed by atoms with Crippen LogP contribution in [0.25, 0.3) is 10.8 Å². The van der Waals surface area contributed by atoms with Crippen LogP contribution in [0.5, 0.6) is 0 Å². The molecule has 1 aliphatic rings. The molecule has 0 bridgehead atoms. The molecule has 5 heteroatoms. The van der Waals surface area contributed by atoms with Crippen LogP contribution in [0.1, 0.15) is 24.0 Å². The predicted molar refractivity (Wildman–Crippen MR) is 99.8 cm³/mol. The summed E-state index contributed by atoms with van der Waals surface area (Å²) >= 11 is 0. The monoisotopic (exact) mass is 346 g/mol. The molecule has 0 radical (unpaired) electrons. The van der Waals surface area contributed by atoms with E-state index in [-0.39, 0.29) is 11.6 Å². The Morgan fingerprint density at radius 2 is 1.69 bits per heavy atom. The van der Waals surface area contributed by atoms with Crippen LogP contribution in [0, 0.1) is 10.1 Å². The molecule has 130 valence electrons. The van der Waals surface area contributed by atoms with E-state index in [1.165, 1.54) is 12.1 Å². The summed E-state index contributed by atoms with van der Waals surface area (Å²) in [6.07, 6.45) is 1.54. The van der Waals surface area contributed by atoms with Gasteiger partial charge in [-0.1, -0.05) is 54.6 Å². The number of non-ortho nitro benzene ring substituents is 1. The van der Waals surface area contributed by atoms with E-state index in [0.717, 1.165) is 34.7 Å². The van der Waals surface area contributed by atoms with Gasteiger partial charge in [-0.05, 0) is 34.7 Å². The van der Waals surface area contributed by atoms with Gasteiger partial charge in [-0.25, -0.2) is 0 Å². The Balaban J connectivity index is 1.52. The average molecular weight is 346 g/mol. The highest BCUT2D eigenvalue weighted by Crippen LogP contribution is 2.48. The van der Waals surface area contributed by atoms with Gasteiger partial charge in [0.25, 0.3) is 5.69 Å². The minimum atomic E-state index is -0.542. The number of hydrogen-bond donors (Lipinski definition) is 1. The number of nitrogens with zero attached hydrogens (tertiary/aromatic N) is 1. The number of carbonyl (C=O) groups is 1. The first-order chi connectivity index (χ1) is 12.6. The molecule has 1 N–H and O–H groups in total. The van der Waals surface area contributed by atoms with Crippen molar-refractivity contribution in [2.75, 3.05) is 0 Å². The zero-order valence-electron chi connectivity index (χ0n) is 14.1. The summed E-state index contributed by atoms with van der Waals surface area (Å²) < 4.78 is 0. The van der Waals surface area contributed by atoms with E-state index in [2.05, 4.69) is 23.5 Å². The van der Waals surface area contributed by atoms with Gasteiger partial charge in [-0.3, -0.25) is 14.9 Å². The Bertz CT molecular complexity index is 986. The molecule has 1 saturated carbocycles. The summed E-state index contributed by atoms with van der Waals surface area (Å²) in [5.41, 5.74) is 1.43. The normalized spacial score (nSPS) is 14.8. The van der Waals surface area contributed by atoms with Crippen LogP contribution >= 0.6 is 0 Å². The zero-order valence-corrected chi connectivity index (χ0v) is 14.1. The van der Waals surface area contributed by atoms with Crippen LogP contribution in [0.2, 0.25) is 0 Å². The lowest BCUT2D eigenvalue weighted by atomic mass is 9.94. The van der Waals surface area contributed by atoms with Crippen LogP contribution in [-0.2, 0) is 16.8 Å². The molecule has 1 amide bonds. The highest BCUT2D eigenvalue weighted by atomic mass is 16.6. The second-order valence-electron chi connectivity index (χ2n) is 6.71. The van der Waals surface area contributed by atoms with E-state index in [9.17, 15) is 14.9 Å². The quantitative estimate of drug-likeness (QED) is 0.558. The number of hydrogen-bond acceptors (Lipinski definition) is 3. The van der Waals surface area contributed by atoms with Crippen LogP contribution in [0.3, 0.4) is 0 Å². The second kappa shape index (κ2) is 6.26. The first-order valence-corrected chi connectivity index (χ1v) is 8.60. The predicted octanol–water partition coefficient (Wildman–Crippen LogP) is 4.10. The summed E-state index contributed by atoms with van der Waals surface area (Å²) in [4.78, 5) is 23.2. The zero-order chi connectivity index (χ0) is 18.1. The molecule has 0 spiro atoms. The Kier molecular flexibility index (Phi) is 3.92. The maximum Gasteiger partial charge on any atom is 0.269 e. The Hall–Kier alpha value is -3.21. The van der Waals surface area contributed by atoms with Crippen molar-refractivity contribution >= 4 is 22.4 Å². The van der Waals surface area contributed by atoms with Gasteiger partial charge in [0.15, 0.2) is 0 Å². The van der Waals surface area contributed by atoms with E-state index < -0.39 is 10.3 Å². The summed E-state index contributed by atoms with van der Waals surface area (Å²) in [5, 5.41) is 16.1. The average Bonchev–Trinajstić information content (AvgIpc) is 3.48. The van der Waals surface area contributed by atoms with E-state index in [0.29, 0.717) is 6.54 Å². The molecule has 1 aliphatic carbocycles. The minimum Gasteiger partial charge on any atom is -0.351 e. The lowest BCUT2D eigenvalue weighted by molar-refractivity contribution is -0.384. The smallest absolute Gasteiger partial charge is 0.269 e. The fourth-order valence-corrected chi connectivity index (χ4v) is 3.47. The van der Waals surface area contributed by atoms with Gasteiger partial charge in [0.05, 0.1) is 10.3 Å². The molecule has 0 aliphatic heterocycles. The number of nitrogens with one attached hydrogen (secondary N) is 1. The molecular weight excluding hydrogens is 328 g/mol. The third kappa shape index (κ3) is 2.81. The SMILES string of the molecule is O=C(NCc1cccc2ccccc12)C1(c2ccc([N+](=O)[O-])cc2)CC1. The first-order valence-electron chi connectivity index (χ1n) is 8.60. The fraction of sp³-hybridized carbons (Fsp3) is 0.190. The van der Waals surface area contributed by atoms with Crippen LogP contribution in [-0.4, -0.2) is 10.8 Å². The Labute approximate surface area is 150 Å². The third-order valence-electron chi connectivity index (χ3n) is 5.13. The van der Waals surface area contributed by atoms with E-state index in [1.807, 2.05) is 24.3 Å². The minimum absolute atomic E-state index is 0.0145. The number of carbonyl (C=O) groups excluding carboxylic acids is 1. The molecule has 1 fully saturated rings. The highest BCUT2D eigenvalue weighted by molar-refractivity contribution is 5.92. The van der Waals surface area contributed by atoms with Gasteiger partial charge in [0.1, 0.15) is 0 Å². The van der Waals surface area contributed by atoms with Crippen LogP contribution in [0.15, 0.2) is 66.7 Å². The molecule has 3 aromatic rings. The Morgan fingerprint density at radius 3 is 2.38 bits per heavy atom. The maximum absolute atomic E-state index is 12.8. The molecular formula is C21H18N2O3. The van der Waals surface area contributed by atoms with Gasteiger partial charge >= 0.3 is 0 Å². The lowest BCUT2D eigenvalue weighted by Gasteiger charge is -2.16. The largest absolute Gasteiger partial charge is 0.351 e. The highest BCUT2D eigenvalue weighted by Gasteiger charge is 2.51. The van der Waals surface area contributed by atoms with Crippen molar-refractivity contribution in [3.05, 3.63) is 88.0 Å². The van der Waals surface area contributed by atoms with Crippen LogP contribution in [0.4, 0.5) is 5.69 Å². The molecule has 26 heavy (non-hydrogen) atoms. The van der Waals surface area contributed by atoms with Crippen LogP contribution < -0.4 is 5.32 Å². The molecule has 5 nitrogen and oxygen atoms in total. The molecule has 0 unspecified atom stereocenters. The number of nitro groups is 1. The number of benzene rings is 3. The first kappa shape index (κ1) is 16.3. The standard InChI is InChI=1S/C21H18N2O3/c24-20(21(12-13-21)17-8-10-18(11-9-17)23(25)26)22-14-16-6-3-5-15-4-1-2-7-19(15)16/h1-11H,12-14H2,(H,22,24). The molecule has 0 aromatic heterocycles. The van der Waals surface area contributed by atoms with Gasteiger partial charge in [0, 0.05) is 18.7 Å². The summed E-state index contributed by atoms with van der Waals surface area (Å²) in [6, 6.07) is 20.5. The van der Waals surface area contributed by atoms with Crippen molar-refractivity contribution in [1.29, 1.82) is 0 Å². The van der Waals surface area contributed by atoms with Crippen molar-refractivity contribution in [2.45, 2.75) is 24.8 Å². The lowest BCUT2D eigenvalue weighted by Crippen LogP contribution is -2.34. The molecule has 4 rings (SSSR count). The van der Waals surface area contributed by atoms with E-state index >= 15 is 0 Å². The molecule has 0 heterocycles. The van der Waals surface area contributed by atoms with E-state index in [1.54, 1.807) is 12.1 Å². The van der Waals surface area contributed by atoms with Gasteiger partial charge in [0.2, 0.25) is 5.91 Å². The number of fused-ring (bicyclic) bond motifs is 1. The van der Waals surface area contributed by atoms with Gasteiger partial charge < -0.3 is 5.32 Å². The van der Waals surface area contributed by atoms with Crippen molar-refractivity contribution in [3.8, 4) is 0 Å². The number of amides is 1. The Morgan fingerprint density at radius 1 is 1.00 bits per heavy atom. The third-order valence-corrected chi connectivity index (χ3v) is 5.13. The number of nitro benzene ring substituents is 1. The van der Waals surface area contributed by atoms with Crippen molar-refractivity contribution < 1.29 is 9.72 Å². The van der Waals surface area contributed by atoms with Gasteiger partial charge in [-0.2, -0.15) is 0 Å². The summed E-state index contributed by atoms with van der Waals surface area (Å²) in [6.45, 7) is 0.467. The van der Waals surface area contributed by atoms with Crippen molar-refractivity contribution in [3.63, 3.8) is 0 Å². The fourth-order valence-electron chi connectivity index (χ4n) is 3.47.